The van der Waals surface area contributed by atoms with Crippen LogP contribution in [0.4, 0.5) is 0 Å². The highest BCUT2D eigenvalue weighted by atomic mass is 32.2. The normalized spacial score (nSPS) is 15.2. The quantitative estimate of drug-likeness (QED) is 0.426. The van der Waals surface area contributed by atoms with Gasteiger partial charge in [-0.2, -0.15) is 11.8 Å². The summed E-state index contributed by atoms with van der Waals surface area (Å²) in [6.45, 7) is 1.25. The SMILES string of the molecule is NCCCC(O)CSCC(O)CCCN. The lowest BCUT2D eigenvalue weighted by atomic mass is 10.2. The van der Waals surface area contributed by atoms with E-state index in [1.54, 1.807) is 11.8 Å². The topological polar surface area (TPSA) is 92.5 Å². The molecule has 5 heteroatoms. The van der Waals surface area contributed by atoms with Crippen LogP contribution in [0.25, 0.3) is 0 Å². The Bertz CT molecular complexity index is 125. The molecule has 0 fully saturated rings. The monoisotopic (exact) mass is 236 g/mol. The van der Waals surface area contributed by atoms with Gasteiger partial charge in [0, 0.05) is 11.5 Å². The van der Waals surface area contributed by atoms with Gasteiger partial charge < -0.3 is 21.7 Å². The lowest BCUT2D eigenvalue weighted by molar-refractivity contribution is 0.182. The molecule has 15 heavy (non-hydrogen) atoms. The van der Waals surface area contributed by atoms with E-state index < -0.39 is 0 Å². The summed E-state index contributed by atoms with van der Waals surface area (Å²) in [4.78, 5) is 0. The number of thioether (sulfide) groups is 1. The first kappa shape index (κ1) is 15.2. The Labute approximate surface area is 96.4 Å². The Morgan fingerprint density at radius 3 is 1.60 bits per heavy atom. The van der Waals surface area contributed by atoms with Gasteiger partial charge in [0.25, 0.3) is 0 Å². The van der Waals surface area contributed by atoms with Gasteiger partial charge in [-0.15, -0.1) is 0 Å². The van der Waals surface area contributed by atoms with Gasteiger partial charge >= 0.3 is 0 Å². The minimum Gasteiger partial charge on any atom is -0.392 e. The number of hydrogen-bond acceptors (Lipinski definition) is 5. The third kappa shape index (κ3) is 10.5. The summed E-state index contributed by atoms with van der Waals surface area (Å²) in [5.74, 6) is 1.36. The summed E-state index contributed by atoms with van der Waals surface area (Å²) < 4.78 is 0. The minimum absolute atomic E-state index is 0.291. The third-order valence-corrected chi connectivity index (χ3v) is 3.34. The van der Waals surface area contributed by atoms with Crippen LogP contribution in [-0.4, -0.2) is 47.0 Å². The van der Waals surface area contributed by atoms with Crippen LogP contribution in [-0.2, 0) is 0 Å². The lowest BCUT2D eigenvalue weighted by Crippen LogP contribution is -2.16. The first-order chi connectivity index (χ1) is 7.20. The molecule has 2 unspecified atom stereocenters. The number of hydrogen-bond donors (Lipinski definition) is 4. The van der Waals surface area contributed by atoms with Crippen LogP contribution in [0.1, 0.15) is 25.7 Å². The number of rotatable bonds is 10. The van der Waals surface area contributed by atoms with Crippen LogP contribution < -0.4 is 11.5 Å². The molecule has 92 valence electrons. The van der Waals surface area contributed by atoms with Crippen molar-refractivity contribution in [3.05, 3.63) is 0 Å². The Kier molecular flexibility index (Phi) is 10.8. The summed E-state index contributed by atoms with van der Waals surface area (Å²) in [6.07, 6.45) is 2.64. The molecule has 0 aliphatic carbocycles. The van der Waals surface area contributed by atoms with Gasteiger partial charge in [-0.25, -0.2) is 0 Å². The summed E-state index contributed by atoms with van der Waals surface area (Å²) in [6, 6.07) is 0. The molecule has 4 nitrogen and oxygen atoms in total. The third-order valence-electron chi connectivity index (χ3n) is 2.10. The van der Waals surface area contributed by atoms with E-state index in [1.165, 1.54) is 0 Å². The largest absolute Gasteiger partial charge is 0.392 e. The van der Waals surface area contributed by atoms with Crippen molar-refractivity contribution >= 4 is 11.8 Å². The van der Waals surface area contributed by atoms with Crippen LogP contribution in [0.3, 0.4) is 0 Å². The van der Waals surface area contributed by atoms with Crippen LogP contribution >= 0.6 is 11.8 Å². The number of nitrogens with two attached hydrogens (primary N) is 2. The minimum atomic E-state index is -0.291. The van der Waals surface area contributed by atoms with E-state index in [-0.39, 0.29) is 12.2 Å². The second-order valence-electron chi connectivity index (χ2n) is 3.71. The number of aliphatic hydroxyl groups is 2. The van der Waals surface area contributed by atoms with Crippen molar-refractivity contribution in [1.29, 1.82) is 0 Å². The average molecular weight is 236 g/mol. The van der Waals surface area contributed by atoms with E-state index >= 15 is 0 Å². The van der Waals surface area contributed by atoms with Crippen LogP contribution in [0, 0.1) is 0 Å². The van der Waals surface area contributed by atoms with E-state index in [9.17, 15) is 10.2 Å². The van der Waals surface area contributed by atoms with E-state index in [0.717, 1.165) is 25.7 Å². The Hall–Kier alpha value is 0.190. The van der Waals surface area contributed by atoms with Gasteiger partial charge in [-0.05, 0) is 38.8 Å². The zero-order valence-corrected chi connectivity index (χ0v) is 10.1. The molecule has 0 bridgehead atoms. The first-order valence-corrected chi connectivity index (χ1v) is 6.70. The summed E-state index contributed by atoms with van der Waals surface area (Å²) in [5, 5.41) is 19.0. The van der Waals surface area contributed by atoms with Gasteiger partial charge in [0.05, 0.1) is 12.2 Å². The molecule has 0 aliphatic rings. The highest BCUT2D eigenvalue weighted by Crippen LogP contribution is 2.10. The Morgan fingerprint density at radius 2 is 1.27 bits per heavy atom. The molecule has 0 radical (unpaired) electrons. The lowest BCUT2D eigenvalue weighted by Gasteiger charge is -2.12. The molecule has 2 atom stereocenters. The van der Waals surface area contributed by atoms with Crippen molar-refractivity contribution < 1.29 is 10.2 Å². The molecular weight excluding hydrogens is 212 g/mol. The van der Waals surface area contributed by atoms with Gasteiger partial charge in [-0.3, -0.25) is 0 Å². The molecule has 0 amide bonds. The molecule has 0 heterocycles. The molecule has 0 aromatic carbocycles. The fourth-order valence-corrected chi connectivity index (χ4v) is 2.23. The van der Waals surface area contributed by atoms with Crippen molar-refractivity contribution in [3.8, 4) is 0 Å². The maximum Gasteiger partial charge on any atom is 0.0631 e. The van der Waals surface area contributed by atoms with Gasteiger partial charge in [-0.1, -0.05) is 0 Å². The summed E-state index contributed by atoms with van der Waals surface area (Å²) in [5.41, 5.74) is 10.7. The predicted octanol–water partition coefficient (Wildman–Crippen LogP) is -0.0808. The maximum absolute atomic E-state index is 9.49. The van der Waals surface area contributed by atoms with Crippen molar-refractivity contribution in [2.45, 2.75) is 37.9 Å². The smallest absolute Gasteiger partial charge is 0.0631 e. The van der Waals surface area contributed by atoms with Crippen LogP contribution in [0.15, 0.2) is 0 Å². The second kappa shape index (κ2) is 10.7. The molecule has 0 aromatic rings. The molecule has 0 spiro atoms. The highest BCUT2D eigenvalue weighted by Gasteiger charge is 2.07. The van der Waals surface area contributed by atoms with Gasteiger partial charge in [0.1, 0.15) is 0 Å². The number of aliphatic hydroxyl groups excluding tert-OH is 2. The molecule has 0 aromatic heterocycles. The zero-order chi connectivity index (χ0) is 11.5. The molecule has 0 aliphatic heterocycles. The highest BCUT2D eigenvalue weighted by molar-refractivity contribution is 7.99. The van der Waals surface area contributed by atoms with E-state index in [0.29, 0.717) is 24.6 Å². The van der Waals surface area contributed by atoms with Crippen LogP contribution in [0.2, 0.25) is 0 Å². The molecule has 0 rings (SSSR count). The van der Waals surface area contributed by atoms with Gasteiger partial charge in [0.15, 0.2) is 0 Å². The van der Waals surface area contributed by atoms with E-state index in [1.807, 2.05) is 0 Å². The predicted molar refractivity (Wildman–Crippen MR) is 65.9 cm³/mol. The van der Waals surface area contributed by atoms with E-state index in [2.05, 4.69) is 0 Å². The Morgan fingerprint density at radius 1 is 0.867 bits per heavy atom. The molecule has 0 saturated carbocycles. The summed E-state index contributed by atoms with van der Waals surface area (Å²) in [7, 11) is 0. The molecule has 6 N–H and O–H groups in total. The second-order valence-corrected chi connectivity index (χ2v) is 4.78. The zero-order valence-electron chi connectivity index (χ0n) is 9.27. The van der Waals surface area contributed by atoms with Crippen molar-refractivity contribution in [2.75, 3.05) is 24.6 Å². The van der Waals surface area contributed by atoms with Crippen molar-refractivity contribution in [3.63, 3.8) is 0 Å². The summed E-state index contributed by atoms with van der Waals surface area (Å²) >= 11 is 1.59. The van der Waals surface area contributed by atoms with Crippen molar-refractivity contribution in [1.82, 2.24) is 0 Å². The van der Waals surface area contributed by atoms with E-state index in [4.69, 9.17) is 11.5 Å². The molecular formula is C10H24N2O2S. The van der Waals surface area contributed by atoms with Gasteiger partial charge in [0.2, 0.25) is 0 Å². The first-order valence-electron chi connectivity index (χ1n) is 5.54. The van der Waals surface area contributed by atoms with Crippen LogP contribution in [0.5, 0.6) is 0 Å². The average Bonchev–Trinajstić information content (AvgIpc) is 2.23. The maximum atomic E-state index is 9.49. The fraction of sp³-hybridized carbons (Fsp3) is 1.00. The van der Waals surface area contributed by atoms with Crippen molar-refractivity contribution in [2.24, 2.45) is 11.5 Å². The fourth-order valence-electron chi connectivity index (χ4n) is 1.21. The standard InChI is InChI=1S/C10H24N2O2S/c11-5-1-3-9(13)7-15-8-10(14)4-2-6-12/h9-10,13-14H,1-8,11-12H2. The Balaban J connectivity index is 3.27. The molecule has 0 saturated heterocycles.